The lowest BCUT2D eigenvalue weighted by atomic mass is 10.1. The van der Waals surface area contributed by atoms with Crippen LogP contribution in [0.2, 0.25) is 10.0 Å². The fourth-order valence-corrected chi connectivity index (χ4v) is 5.79. The van der Waals surface area contributed by atoms with Crippen molar-refractivity contribution in [3.05, 3.63) is 76.8 Å². The molecule has 40 heavy (non-hydrogen) atoms. The number of anilines is 2. The van der Waals surface area contributed by atoms with Crippen LogP contribution < -0.4 is 25.0 Å². The van der Waals surface area contributed by atoms with E-state index in [4.69, 9.17) is 27.9 Å². The molecule has 212 valence electrons. The Morgan fingerprint density at radius 1 is 1.00 bits per heavy atom. The van der Waals surface area contributed by atoms with E-state index < -0.39 is 10.0 Å². The summed E-state index contributed by atoms with van der Waals surface area (Å²) < 4.78 is 34.8. The average Bonchev–Trinajstić information content (AvgIpc) is 2.92. The Balaban J connectivity index is 1.43. The lowest BCUT2D eigenvalue weighted by Crippen LogP contribution is -2.43. The second-order valence-corrected chi connectivity index (χ2v) is 11.8. The lowest BCUT2D eigenvalue weighted by Gasteiger charge is -2.25. The third kappa shape index (κ3) is 7.88. The van der Waals surface area contributed by atoms with Gasteiger partial charge in [0, 0.05) is 36.6 Å². The first-order valence-electron chi connectivity index (χ1n) is 12.8. The summed E-state index contributed by atoms with van der Waals surface area (Å²) in [5.74, 6) is 0.186. The highest BCUT2D eigenvalue weighted by atomic mass is 35.5. The molecule has 1 fully saturated rings. The Bertz CT molecular complexity index is 1460. The number of rotatable bonds is 10. The molecule has 12 heteroatoms. The van der Waals surface area contributed by atoms with Crippen LogP contribution in [-0.4, -0.2) is 45.9 Å². The molecule has 3 aromatic carbocycles. The van der Waals surface area contributed by atoms with Crippen molar-refractivity contribution in [2.24, 2.45) is 0 Å². The Kier molecular flexibility index (Phi) is 9.91. The first-order chi connectivity index (χ1) is 19.1. The zero-order valence-corrected chi connectivity index (χ0v) is 24.2. The van der Waals surface area contributed by atoms with Gasteiger partial charge in [0.1, 0.15) is 5.75 Å². The van der Waals surface area contributed by atoms with Crippen molar-refractivity contribution in [1.29, 1.82) is 0 Å². The van der Waals surface area contributed by atoms with Crippen molar-refractivity contribution < 1.29 is 22.7 Å². The molecule has 4 rings (SSSR count). The number of piperidine rings is 1. The predicted octanol–water partition coefficient (Wildman–Crippen LogP) is 5.20. The summed E-state index contributed by atoms with van der Waals surface area (Å²) in [5, 5.41) is 6.99. The van der Waals surface area contributed by atoms with Crippen LogP contribution in [0.15, 0.2) is 71.6 Å². The van der Waals surface area contributed by atoms with Gasteiger partial charge in [-0.3, -0.25) is 14.3 Å². The minimum Gasteiger partial charge on any atom is -0.454 e. The minimum atomic E-state index is -4.01. The van der Waals surface area contributed by atoms with Crippen LogP contribution in [-0.2, 0) is 19.6 Å². The number of carbonyl (C=O) groups is 2. The molecule has 3 N–H and O–H groups in total. The predicted molar refractivity (Wildman–Crippen MR) is 157 cm³/mol. The van der Waals surface area contributed by atoms with Gasteiger partial charge in [0.15, 0.2) is 5.75 Å². The Morgan fingerprint density at radius 2 is 1.70 bits per heavy atom. The highest BCUT2D eigenvalue weighted by Crippen LogP contribution is 2.36. The van der Waals surface area contributed by atoms with Gasteiger partial charge in [0.05, 0.1) is 15.6 Å². The summed E-state index contributed by atoms with van der Waals surface area (Å²) in [5.41, 5.74) is 0.699. The topological polar surface area (TPSA) is 117 Å². The number of carbonyl (C=O) groups excluding carboxylic acids is 2. The number of hydrogen-bond acceptors (Lipinski definition) is 6. The molecule has 0 spiro atoms. The first-order valence-corrected chi connectivity index (χ1v) is 15.0. The van der Waals surface area contributed by atoms with E-state index in [-0.39, 0.29) is 52.2 Å². The van der Waals surface area contributed by atoms with Gasteiger partial charge in [-0.25, -0.2) is 8.42 Å². The molecule has 0 bridgehead atoms. The van der Waals surface area contributed by atoms with Gasteiger partial charge in [0.25, 0.3) is 10.0 Å². The van der Waals surface area contributed by atoms with Gasteiger partial charge < -0.3 is 20.3 Å². The number of nitrogens with one attached hydrogen (secondary N) is 3. The van der Waals surface area contributed by atoms with Crippen LogP contribution in [0.1, 0.15) is 26.2 Å². The van der Waals surface area contributed by atoms with Gasteiger partial charge in [-0.15, -0.1) is 0 Å². The fraction of sp³-hybridized carbons (Fsp3) is 0.286. The number of halogens is 2. The molecular weight excluding hydrogens is 575 g/mol. The molecule has 9 nitrogen and oxygen atoms in total. The standard InChI is InChI=1S/C28H30Cl2N4O5S/c1-19(35)34(17-14-28(36)32-21-12-15-31-16-13-21)22-7-9-23(10-8-22)40(37,38)33-25-4-2-3-5-27(25)39-26-11-6-20(29)18-24(26)30/h2-11,18,21,31,33H,12-17H2,1H3,(H,32,36). The number of amides is 2. The van der Waals surface area contributed by atoms with Crippen molar-refractivity contribution in [1.82, 2.24) is 10.6 Å². The maximum absolute atomic E-state index is 13.2. The number of hydrogen-bond donors (Lipinski definition) is 3. The second kappa shape index (κ2) is 13.4. The number of sulfonamides is 1. The summed E-state index contributed by atoms with van der Waals surface area (Å²) in [6.07, 6.45) is 1.88. The van der Waals surface area contributed by atoms with E-state index in [1.165, 1.54) is 42.2 Å². The maximum atomic E-state index is 13.2. The monoisotopic (exact) mass is 604 g/mol. The van der Waals surface area contributed by atoms with Crippen molar-refractivity contribution in [3.63, 3.8) is 0 Å². The Hall–Kier alpha value is -3.31. The number of nitrogens with zero attached hydrogens (tertiary/aromatic N) is 1. The normalized spacial score (nSPS) is 13.9. The van der Waals surface area contributed by atoms with E-state index >= 15 is 0 Å². The third-order valence-corrected chi connectivity index (χ3v) is 8.26. The molecule has 1 aliphatic rings. The third-order valence-electron chi connectivity index (χ3n) is 6.35. The zero-order valence-electron chi connectivity index (χ0n) is 21.8. The van der Waals surface area contributed by atoms with Gasteiger partial charge in [-0.1, -0.05) is 35.3 Å². The number of para-hydroxylation sites is 2. The lowest BCUT2D eigenvalue weighted by molar-refractivity contribution is -0.121. The van der Waals surface area contributed by atoms with E-state index in [1.807, 2.05) is 0 Å². The molecule has 0 atom stereocenters. The van der Waals surface area contributed by atoms with Gasteiger partial charge in [0.2, 0.25) is 11.8 Å². The Labute approximate surface area is 243 Å². The first kappa shape index (κ1) is 29.7. The number of benzene rings is 3. The minimum absolute atomic E-state index is 0.0114. The molecular formula is C28H30Cl2N4O5S. The fourth-order valence-electron chi connectivity index (χ4n) is 4.27. The summed E-state index contributed by atoms with van der Waals surface area (Å²) in [6.45, 7) is 3.31. The molecule has 0 saturated carbocycles. The summed E-state index contributed by atoms with van der Waals surface area (Å²) in [4.78, 5) is 26.2. The summed E-state index contributed by atoms with van der Waals surface area (Å²) in [6, 6.07) is 17.3. The van der Waals surface area contributed by atoms with Crippen molar-refractivity contribution in [2.75, 3.05) is 29.3 Å². The van der Waals surface area contributed by atoms with Gasteiger partial charge >= 0.3 is 0 Å². The number of ether oxygens (including phenoxy) is 1. The summed E-state index contributed by atoms with van der Waals surface area (Å²) in [7, 11) is -4.01. The van der Waals surface area contributed by atoms with Crippen LogP contribution in [0, 0.1) is 0 Å². The van der Waals surface area contributed by atoms with Crippen LogP contribution in [0.4, 0.5) is 11.4 Å². The largest absolute Gasteiger partial charge is 0.454 e. The SMILES string of the molecule is CC(=O)N(CCC(=O)NC1CCNCC1)c1ccc(S(=O)(=O)Nc2ccccc2Oc2ccc(Cl)cc2Cl)cc1. The average molecular weight is 606 g/mol. The Morgan fingerprint density at radius 3 is 2.38 bits per heavy atom. The van der Waals surface area contributed by atoms with E-state index in [0.717, 1.165) is 25.9 Å². The molecule has 2 amide bonds. The highest BCUT2D eigenvalue weighted by Gasteiger charge is 2.20. The quantitative estimate of drug-likeness (QED) is 0.293. The van der Waals surface area contributed by atoms with E-state index in [1.54, 1.807) is 36.4 Å². The smallest absolute Gasteiger partial charge is 0.262 e. The molecule has 1 heterocycles. The molecule has 0 aromatic heterocycles. The van der Waals surface area contributed by atoms with Gasteiger partial charge in [-0.05, 0) is 80.5 Å². The van der Waals surface area contributed by atoms with E-state index in [9.17, 15) is 18.0 Å². The van der Waals surface area contributed by atoms with Crippen LogP contribution in [0.5, 0.6) is 11.5 Å². The van der Waals surface area contributed by atoms with Crippen molar-refractivity contribution in [3.8, 4) is 11.5 Å². The van der Waals surface area contributed by atoms with Crippen LogP contribution >= 0.6 is 23.2 Å². The summed E-state index contributed by atoms with van der Waals surface area (Å²) >= 11 is 12.2. The van der Waals surface area contributed by atoms with E-state index in [2.05, 4.69) is 15.4 Å². The molecule has 1 aliphatic heterocycles. The van der Waals surface area contributed by atoms with Crippen molar-refractivity contribution >= 4 is 56.4 Å². The zero-order chi connectivity index (χ0) is 28.7. The molecule has 0 unspecified atom stereocenters. The van der Waals surface area contributed by atoms with Crippen LogP contribution in [0.25, 0.3) is 0 Å². The molecule has 1 saturated heterocycles. The van der Waals surface area contributed by atoms with Crippen LogP contribution in [0.3, 0.4) is 0 Å². The molecule has 3 aromatic rings. The molecule has 0 radical (unpaired) electrons. The van der Waals surface area contributed by atoms with Crippen molar-refractivity contribution in [2.45, 2.75) is 37.1 Å². The molecule has 0 aliphatic carbocycles. The highest BCUT2D eigenvalue weighted by molar-refractivity contribution is 7.92. The maximum Gasteiger partial charge on any atom is 0.262 e. The van der Waals surface area contributed by atoms with Gasteiger partial charge in [-0.2, -0.15) is 0 Å². The second-order valence-electron chi connectivity index (χ2n) is 9.28. The van der Waals surface area contributed by atoms with E-state index in [0.29, 0.717) is 16.5 Å².